The van der Waals surface area contributed by atoms with Crippen molar-refractivity contribution in [3.8, 4) is 6.07 Å². The van der Waals surface area contributed by atoms with Crippen molar-refractivity contribution in [2.24, 2.45) is 23.2 Å². The SMILES string of the molecule is CC(C)CC(=O)N1CCC2CN(c3ccc(C#N)c(C(F)(F)F)c3)CC2(COCC2CC2)C1. The molecule has 2 unspecified atom stereocenters. The van der Waals surface area contributed by atoms with Crippen molar-refractivity contribution < 1.29 is 22.7 Å². The summed E-state index contributed by atoms with van der Waals surface area (Å²) < 4.78 is 46.7. The largest absolute Gasteiger partial charge is 0.417 e. The second kappa shape index (κ2) is 9.17. The molecule has 1 amide bonds. The van der Waals surface area contributed by atoms with Gasteiger partial charge in [-0.25, -0.2) is 0 Å². The number of carbonyl (C=O) groups is 1. The molecule has 1 aliphatic carbocycles. The highest BCUT2D eigenvalue weighted by Gasteiger charge is 2.51. The van der Waals surface area contributed by atoms with Gasteiger partial charge in [0.25, 0.3) is 0 Å². The molecular formula is C25H32F3N3O2. The van der Waals surface area contributed by atoms with Crippen LogP contribution in [-0.4, -0.2) is 50.2 Å². The Bertz CT molecular complexity index is 922. The van der Waals surface area contributed by atoms with Gasteiger partial charge in [-0.1, -0.05) is 13.8 Å². The Balaban J connectivity index is 1.57. The number of halogens is 3. The average Bonchev–Trinajstić information content (AvgIpc) is 3.49. The fraction of sp³-hybridized carbons (Fsp3) is 0.680. The Kier molecular flexibility index (Phi) is 6.63. The van der Waals surface area contributed by atoms with E-state index in [1.165, 1.54) is 18.9 Å². The van der Waals surface area contributed by atoms with E-state index in [1.807, 2.05) is 23.6 Å². The number of piperidine rings is 1. The number of likely N-dealkylation sites (tertiary alicyclic amines) is 1. The third-order valence-electron chi connectivity index (χ3n) is 7.24. The zero-order valence-corrected chi connectivity index (χ0v) is 19.3. The Labute approximate surface area is 193 Å². The first-order chi connectivity index (χ1) is 15.6. The summed E-state index contributed by atoms with van der Waals surface area (Å²) in [6.07, 6.45) is -0.897. The second-order valence-electron chi connectivity index (χ2n) is 10.4. The first kappa shape index (κ1) is 23.9. The van der Waals surface area contributed by atoms with Crippen LogP contribution in [0.15, 0.2) is 18.2 Å². The number of hydrogen-bond donors (Lipinski definition) is 0. The van der Waals surface area contributed by atoms with Crippen LogP contribution in [0.4, 0.5) is 18.9 Å². The smallest absolute Gasteiger partial charge is 0.380 e. The highest BCUT2D eigenvalue weighted by atomic mass is 19.4. The van der Waals surface area contributed by atoms with Crippen molar-refractivity contribution in [3.63, 3.8) is 0 Å². The van der Waals surface area contributed by atoms with Gasteiger partial charge in [0.1, 0.15) is 0 Å². The van der Waals surface area contributed by atoms with Crippen molar-refractivity contribution in [2.45, 2.75) is 45.7 Å². The number of carbonyl (C=O) groups excluding carboxylic acids is 1. The molecule has 180 valence electrons. The van der Waals surface area contributed by atoms with Crippen LogP contribution >= 0.6 is 0 Å². The molecule has 0 N–H and O–H groups in total. The number of nitrogens with zero attached hydrogens (tertiary/aromatic N) is 3. The molecule has 0 aromatic heterocycles. The first-order valence-electron chi connectivity index (χ1n) is 11.8. The minimum atomic E-state index is -4.58. The summed E-state index contributed by atoms with van der Waals surface area (Å²) in [5, 5.41) is 9.12. The zero-order chi connectivity index (χ0) is 23.8. The Hall–Kier alpha value is -2.27. The summed E-state index contributed by atoms with van der Waals surface area (Å²) in [6, 6.07) is 5.61. The van der Waals surface area contributed by atoms with Crippen molar-refractivity contribution >= 4 is 11.6 Å². The second-order valence-corrected chi connectivity index (χ2v) is 10.4. The molecule has 1 aromatic carbocycles. The molecule has 4 rings (SSSR count). The molecule has 2 heterocycles. The van der Waals surface area contributed by atoms with E-state index in [2.05, 4.69) is 0 Å². The van der Waals surface area contributed by atoms with Crippen LogP contribution in [0.25, 0.3) is 0 Å². The molecule has 1 aromatic rings. The van der Waals surface area contributed by atoms with Crippen LogP contribution in [-0.2, 0) is 15.7 Å². The standard InChI is InChI=1S/C25H32F3N3O2/c1-17(2)9-23(32)30-8-7-20-12-31(15-24(20,14-30)16-33-13-18-3-4-18)21-6-5-19(11-29)22(10-21)25(26,27)28/h5-6,10,17-18,20H,3-4,7-9,12-16H2,1-2H3. The van der Waals surface area contributed by atoms with E-state index in [9.17, 15) is 18.0 Å². The summed E-state index contributed by atoms with van der Waals surface area (Å²) >= 11 is 0. The van der Waals surface area contributed by atoms with Gasteiger partial charge in [-0.2, -0.15) is 18.4 Å². The lowest BCUT2D eigenvalue weighted by atomic mass is 9.73. The normalized spacial score (nSPS) is 25.3. The predicted molar refractivity (Wildman–Crippen MR) is 118 cm³/mol. The third kappa shape index (κ3) is 5.29. The van der Waals surface area contributed by atoms with Gasteiger partial charge in [0.15, 0.2) is 0 Å². The van der Waals surface area contributed by atoms with E-state index in [0.29, 0.717) is 57.4 Å². The molecule has 8 heteroatoms. The molecule has 2 atom stereocenters. The topological polar surface area (TPSA) is 56.6 Å². The number of nitriles is 1. The predicted octanol–water partition coefficient (Wildman–Crippen LogP) is 4.70. The summed E-state index contributed by atoms with van der Waals surface area (Å²) in [4.78, 5) is 16.7. The van der Waals surface area contributed by atoms with Gasteiger partial charge in [-0.05, 0) is 55.2 Å². The van der Waals surface area contributed by atoms with Gasteiger partial charge in [0.05, 0.1) is 23.8 Å². The molecule has 2 aliphatic heterocycles. The molecule has 0 radical (unpaired) electrons. The van der Waals surface area contributed by atoms with E-state index in [4.69, 9.17) is 10.00 Å². The maximum atomic E-state index is 13.5. The van der Waals surface area contributed by atoms with Gasteiger partial charge >= 0.3 is 6.18 Å². The quantitative estimate of drug-likeness (QED) is 0.588. The molecule has 1 saturated carbocycles. The lowest BCUT2D eigenvalue weighted by molar-refractivity contribution is -0.138. The van der Waals surface area contributed by atoms with E-state index in [-0.39, 0.29) is 28.7 Å². The number of rotatable bonds is 7. The Morgan fingerprint density at radius 3 is 2.67 bits per heavy atom. The summed E-state index contributed by atoms with van der Waals surface area (Å²) in [5.74, 6) is 1.27. The molecule has 0 bridgehead atoms. The van der Waals surface area contributed by atoms with Gasteiger partial charge in [-0.3, -0.25) is 4.79 Å². The minimum absolute atomic E-state index is 0.140. The highest BCUT2D eigenvalue weighted by Crippen LogP contribution is 2.45. The lowest BCUT2D eigenvalue weighted by Gasteiger charge is -2.44. The average molecular weight is 464 g/mol. The van der Waals surface area contributed by atoms with E-state index in [1.54, 1.807) is 12.1 Å². The zero-order valence-electron chi connectivity index (χ0n) is 19.3. The fourth-order valence-corrected chi connectivity index (χ4v) is 5.25. The summed E-state index contributed by atoms with van der Waals surface area (Å²) in [6.45, 7) is 7.70. The molecule has 0 spiro atoms. The van der Waals surface area contributed by atoms with Crippen LogP contribution in [0.1, 0.15) is 50.7 Å². The van der Waals surface area contributed by atoms with Crippen LogP contribution in [0.5, 0.6) is 0 Å². The number of anilines is 1. The van der Waals surface area contributed by atoms with Crippen molar-refractivity contribution in [1.82, 2.24) is 4.90 Å². The maximum Gasteiger partial charge on any atom is 0.417 e. The Morgan fingerprint density at radius 1 is 1.27 bits per heavy atom. The fourth-order valence-electron chi connectivity index (χ4n) is 5.25. The number of fused-ring (bicyclic) bond motifs is 1. The van der Waals surface area contributed by atoms with Crippen molar-refractivity contribution in [3.05, 3.63) is 29.3 Å². The van der Waals surface area contributed by atoms with E-state index < -0.39 is 11.7 Å². The monoisotopic (exact) mass is 463 g/mol. The molecule has 33 heavy (non-hydrogen) atoms. The number of hydrogen-bond acceptors (Lipinski definition) is 4. The van der Waals surface area contributed by atoms with Gasteiger partial charge in [0, 0.05) is 50.3 Å². The summed E-state index contributed by atoms with van der Waals surface area (Å²) in [5.41, 5.74) is -1.09. The molecule has 3 aliphatic rings. The number of amides is 1. The third-order valence-corrected chi connectivity index (χ3v) is 7.24. The first-order valence-corrected chi connectivity index (χ1v) is 11.8. The number of ether oxygens (including phenoxy) is 1. The van der Waals surface area contributed by atoms with Gasteiger partial charge < -0.3 is 14.5 Å². The van der Waals surface area contributed by atoms with Gasteiger partial charge in [0.2, 0.25) is 5.91 Å². The van der Waals surface area contributed by atoms with Crippen molar-refractivity contribution in [1.29, 1.82) is 5.26 Å². The molecule has 5 nitrogen and oxygen atoms in total. The molecule has 3 fully saturated rings. The van der Waals surface area contributed by atoms with E-state index in [0.717, 1.165) is 12.5 Å². The van der Waals surface area contributed by atoms with Crippen LogP contribution in [0.2, 0.25) is 0 Å². The van der Waals surface area contributed by atoms with Crippen molar-refractivity contribution in [2.75, 3.05) is 44.3 Å². The number of alkyl halides is 3. The molecule has 2 saturated heterocycles. The summed E-state index contributed by atoms with van der Waals surface area (Å²) in [7, 11) is 0. The van der Waals surface area contributed by atoms with Crippen LogP contribution in [0.3, 0.4) is 0 Å². The molecular weight excluding hydrogens is 431 g/mol. The van der Waals surface area contributed by atoms with Gasteiger partial charge in [-0.15, -0.1) is 0 Å². The van der Waals surface area contributed by atoms with Crippen LogP contribution in [0, 0.1) is 34.5 Å². The highest BCUT2D eigenvalue weighted by molar-refractivity contribution is 5.76. The lowest BCUT2D eigenvalue weighted by Crippen LogP contribution is -2.53. The maximum absolute atomic E-state index is 13.5. The Morgan fingerprint density at radius 2 is 2.03 bits per heavy atom. The van der Waals surface area contributed by atoms with Crippen LogP contribution < -0.4 is 4.90 Å². The minimum Gasteiger partial charge on any atom is -0.380 e. The van der Waals surface area contributed by atoms with E-state index >= 15 is 0 Å². The number of benzene rings is 1.